The first kappa shape index (κ1) is 26.4. The fourth-order valence-electron chi connectivity index (χ4n) is 7.82. The van der Waals surface area contributed by atoms with Crippen LogP contribution in [0.15, 0.2) is 121 Å². The third-order valence-corrected chi connectivity index (χ3v) is 10.4. The van der Waals surface area contributed by atoms with E-state index in [0.29, 0.717) is 0 Å². The molecule has 0 bridgehead atoms. The lowest BCUT2D eigenvalue weighted by molar-refractivity contribution is 0.591. The molecule has 9 rings (SSSR count). The first-order valence-electron chi connectivity index (χ1n) is 16.0. The zero-order chi connectivity index (χ0) is 30.7. The Balaban J connectivity index is 1.17. The Kier molecular flexibility index (Phi) is 5.29. The summed E-state index contributed by atoms with van der Waals surface area (Å²) in [5, 5.41) is 9.22. The van der Waals surface area contributed by atoms with Gasteiger partial charge in [0.25, 0.3) is 0 Å². The maximum absolute atomic E-state index is 4.74. The second-order valence-corrected chi connectivity index (χ2v) is 14.5. The van der Waals surface area contributed by atoms with Gasteiger partial charge in [-0.05, 0) is 107 Å². The Hall–Kier alpha value is -5.01. The van der Waals surface area contributed by atoms with E-state index in [1.54, 1.807) is 0 Å². The van der Waals surface area contributed by atoms with Crippen molar-refractivity contribution in [2.45, 2.75) is 45.4 Å². The van der Waals surface area contributed by atoms with Crippen molar-refractivity contribution < 1.29 is 0 Å². The van der Waals surface area contributed by atoms with E-state index in [9.17, 15) is 0 Å². The van der Waals surface area contributed by atoms with E-state index in [2.05, 4.69) is 144 Å². The van der Waals surface area contributed by atoms with Crippen LogP contribution in [0, 0.1) is 0 Å². The molecule has 0 aliphatic heterocycles. The Labute approximate surface area is 264 Å². The molecule has 0 fully saturated rings. The Morgan fingerprint density at radius 1 is 0.511 bits per heavy atom. The van der Waals surface area contributed by atoms with Gasteiger partial charge < -0.3 is 0 Å². The summed E-state index contributed by atoms with van der Waals surface area (Å²) in [7, 11) is 0. The molecule has 0 amide bonds. The molecule has 0 N–H and O–H groups in total. The fourth-order valence-corrected chi connectivity index (χ4v) is 7.82. The Morgan fingerprint density at radius 3 is 1.89 bits per heavy atom. The van der Waals surface area contributed by atoms with Crippen LogP contribution in [0.5, 0.6) is 0 Å². The molecule has 1 heterocycles. The van der Waals surface area contributed by atoms with Crippen molar-refractivity contribution in [1.82, 2.24) is 4.98 Å². The molecule has 0 radical (unpaired) electrons. The topological polar surface area (TPSA) is 12.9 Å². The predicted molar refractivity (Wildman–Crippen MR) is 193 cm³/mol. The van der Waals surface area contributed by atoms with Gasteiger partial charge in [-0.1, -0.05) is 126 Å². The van der Waals surface area contributed by atoms with Crippen molar-refractivity contribution in [3.63, 3.8) is 0 Å². The molecule has 0 spiro atoms. The molecule has 0 unspecified atom stereocenters. The summed E-state index contributed by atoms with van der Waals surface area (Å²) in [6, 6.07) is 43.4. The van der Waals surface area contributed by atoms with Crippen LogP contribution in [0.1, 0.15) is 51.3 Å². The molecule has 1 nitrogen and oxygen atoms in total. The second-order valence-electron chi connectivity index (χ2n) is 14.5. The van der Waals surface area contributed by atoms with Gasteiger partial charge in [-0.2, -0.15) is 0 Å². The van der Waals surface area contributed by atoms with Crippen LogP contribution in [0.25, 0.3) is 76.6 Å². The van der Waals surface area contributed by atoms with Crippen LogP contribution >= 0.6 is 0 Å². The minimum Gasteiger partial charge on any atom is -0.256 e. The van der Waals surface area contributed by atoms with Gasteiger partial charge in [0.2, 0.25) is 0 Å². The predicted octanol–water partition coefficient (Wildman–Crippen LogP) is 12.1. The zero-order valence-corrected chi connectivity index (χ0v) is 26.5. The molecule has 1 aliphatic rings. The number of fused-ring (bicyclic) bond motifs is 4. The molecule has 1 aromatic heterocycles. The molecule has 1 heteroatoms. The molecule has 216 valence electrons. The standard InChI is InChI=1S/C44H35N/c1-43(2,3)33-21-30-11-10-26-12-16-34(37-19-15-31(22-33)41(30)42(26)37)28-14-18-36-35-17-13-27(23-38(35)44(4,5)39(36)24-28)32-20-29-8-6-7-9-40(29)45-25-32/h6-25H,1-5H3. The molecule has 45 heavy (non-hydrogen) atoms. The van der Waals surface area contributed by atoms with Crippen LogP contribution in [-0.4, -0.2) is 4.98 Å². The average molecular weight is 578 g/mol. The monoisotopic (exact) mass is 577 g/mol. The molecule has 7 aromatic carbocycles. The van der Waals surface area contributed by atoms with Crippen LogP contribution in [-0.2, 0) is 10.8 Å². The summed E-state index contributed by atoms with van der Waals surface area (Å²) in [6.07, 6.45) is 2.01. The van der Waals surface area contributed by atoms with E-state index in [-0.39, 0.29) is 10.8 Å². The minimum absolute atomic E-state index is 0.109. The molecular weight excluding hydrogens is 542 g/mol. The van der Waals surface area contributed by atoms with Crippen molar-refractivity contribution in [3.8, 4) is 33.4 Å². The van der Waals surface area contributed by atoms with Crippen LogP contribution in [0.2, 0.25) is 0 Å². The van der Waals surface area contributed by atoms with E-state index < -0.39 is 0 Å². The van der Waals surface area contributed by atoms with Crippen molar-refractivity contribution in [2.24, 2.45) is 0 Å². The van der Waals surface area contributed by atoms with E-state index in [4.69, 9.17) is 4.98 Å². The number of nitrogens with zero attached hydrogens (tertiary/aromatic N) is 1. The van der Waals surface area contributed by atoms with Crippen molar-refractivity contribution in [3.05, 3.63) is 138 Å². The van der Waals surface area contributed by atoms with Gasteiger partial charge in [0.05, 0.1) is 5.52 Å². The van der Waals surface area contributed by atoms with Gasteiger partial charge in [-0.25, -0.2) is 0 Å². The molecule has 0 saturated carbocycles. The lowest BCUT2D eigenvalue weighted by atomic mass is 9.80. The number of pyridine rings is 1. The molecule has 1 aliphatic carbocycles. The highest BCUT2D eigenvalue weighted by Gasteiger charge is 2.36. The fraction of sp³-hybridized carbons (Fsp3) is 0.159. The first-order chi connectivity index (χ1) is 21.7. The number of aromatic nitrogens is 1. The number of hydrogen-bond acceptors (Lipinski definition) is 1. The van der Waals surface area contributed by atoms with Crippen LogP contribution in [0.4, 0.5) is 0 Å². The lowest BCUT2D eigenvalue weighted by Crippen LogP contribution is -2.15. The molecular formula is C44H35N. The highest BCUT2D eigenvalue weighted by molar-refractivity contribution is 6.25. The summed E-state index contributed by atoms with van der Waals surface area (Å²) < 4.78 is 0. The van der Waals surface area contributed by atoms with Gasteiger partial charge in [-0.3, -0.25) is 4.98 Å². The average Bonchev–Trinajstić information content (AvgIpc) is 3.27. The summed E-state index contributed by atoms with van der Waals surface area (Å²) in [4.78, 5) is 4.74. The summed E-state index contributed by atoms with van der Waals surface area (Å²) in [5.74, 6) is 0. The lowest BCUT2D eigenvalue weighted by Gasteiger charge is -2.23. The maximum Gasteiger partial charge on any atom is 0.0702 e. The molecule has 8 aromatic rings. The Bertz CT molecular complexity index is 2470. The Morgan fingerprint density at radius 2 is 1.13 bits per heavy atom. The number of para-hydroxylation sites is 1. The summed E-state index contributed by atoms with van der Waals surface area (Å²) >= 11 is 0. The van der Waals surface area contributed by atoms with Crippen molar-refractivity contribution >= 4 is 43.2 Å². The largest absolute Gasteiger partial charge is 0.256 e. The van der Waals surface area contributed by atoms with Gasteiger partial charge in [0, 0.05) is 22.6 Å². The summed E-state index contributed by atoms with van der Waals surface area (Å²) in [6.45, 7) is 11.6. The third-order valence-electron chi connectivity index (χ3n) is 10.4. The third kappa shape index (κ3) is 3.83. The number of rotatable bonds is 2. The summed E-state index contributed by atoms with van der Waals surface area (Å²) in [5.41, 5.74) is 12.8. The smallest absolute Gasteiger partial charge is 0.0702 e. The van der Waals surface area contributed by atoms with Crippen molar-refractivity contribution in [1.29, 1.82) is 0 Å². The van der Waals surface area contributed by atoms with Gasteiger partial charge in [0.1, 0.15) is 0 Å². The van der Waals surface area contributed by atoms with E-state index in [0.717, 1.165) is 11.1 Å². The van der Waals surface area contributed by atoms with E-state index in [1.165, 1.54) is 82.2 Å². The van der Waals surface area contributed by atoms with E-state index >= 15 is 0 Å². The van der Waals surface area contributed by atoms with Gasteiger partial charge in [-0.15, -0.1) is 0 Å². The highest BCUT2D eigenvalue weighted by Crippen LogP contribution is 2.51. The SMILES string of the molecule is CC(C)(C)c1cc2ccc3ccc(-c4ccc5c(c4)C(C)(C)c4cc(-c6cnc7ccccc7c6)ccc4-5)c4ccc(c1)c2c34. The highest BCUT2D eigenvalue weighted by atomic mass is 14.6. The van der Waals surface area contributed by atoms with Crippen LogP contribution in [0.3, 0.4) is 0 Å². The first-order valence-corrected chi connectivity index (χ1v) is 16.0. The maximum atomic E-state index is 4.74. The number of benzene rings is 7. The van der Waals surface area contributed by atoms with Crippen LogP contribution < -0.4 is 0 Å². The minimum atomic E-state index is -0.117. The van der Waals surface area contributed by atoms with Gasteiger partial charge >= 0.3 is 0 Å². The molecule has 0 saturated heterocycles. The van der Waals surface area contributed by atoms with Crippen molar-refractivity contribution in [2.75, 3.05) is 0 Å². The van der Waals surface area contributed by atoms with Gasteiger partial charge in [0.15, 0.2) is 0 Å². The van der Waals surface area contributed by atoms with E-state index in [1.807, 2.05) is 12.3 Å². The zero-order valence-electron chi connectivity index (χ0n) is 26.5. The quantitative estimate of drug-likeness (QED) is 0.186. The second kappa shape index (κ2) is 9.02. The molecule has 0 atom stereocenters. The number of hydrogen-bond donors (Lipinski definition) is 0. The normalized spacial score (nSPS) is 14.1.